The van der Waals surface area contributed by atoms with Crippen molar-refractivity contribution in [3.8, 4) is 11.5 Å². The molecule has 0 saturated carbocycles. The maximum Gasteiger partial charge on any atom is 0.273 e. The molecule has 0 radical (unpaired) electrons. The summed E-state index contributed by atoms with van der Waals surface area (Å²) in [7, 11) is 0. The fourth-order valence-corrected chi connectivity index (χ4v) is 3.74. The molecule has 1 aliphatic rings. The highest BCUT2D eigenvalue weighted by Crippen LogP contribution is 2.32. The zero-order valence-electron chi connectivity index (χ0n) is 16.0. The number of fused-ring (bicyclic) bond motifs is 2. The van der Waals surface area contributed by atoms with Gasteiger partial charge in [-0.3, -0.25) is 4.79 Å². The Morgan fingerprint density at radius 3 is 2.97 bits per heavy atom. The smallest absolute Gasteiger partial charge is 0.273 e. The molecule has 0 aliphatic carbocycles. The lowest BCUT2D eigenvalue weighted by molar-refractivity contribution is 0.0945. The summed E-state index contributed by atoms with van der Waals surface area (Å²) >= 11 is 1.36. The number of para-hydroxylation sites is 1. The summed E-state index contributed by atoms with van der Waals surface area (Å²) in [6, 6.07) is 11.3. The number of aromatic nitrogens is 2. The zero-order valence-corrected chi connectivity index (χ0v) is 16.8. The Morgan fingerprint density at radius 2 is 2.07 bits per heavy atom. The molecule has 0 fully saturated rings. The second kappa shape index (κ2) is 7.75. The van der Waals surface area contributed by atoms with Crippen molar-refractivity contribution in [2.75, 3.05) is 6.79 Å². The number of oxazole rings is 2. The third-order valence-corrected chi connectivity index (χ3v) is 5.41. The van der Waals surface area contributed by atoms with Gasteiger partial charge in [-0.05, 0) is 36.2 Å². The van der Waals surface area contributed by atoms with Crippen molar-refractivity contribution in [2.45, 2.75) is 24.4 Å². The first-order valence-corrected chi connectivity index (χ1v) is 10.2. The Labute approximate surface area is 175 Å². The van der Waals surface area contributed by atoms with E-state index < -0.39 is 0 Å². The van der Waals surface area contributed by atoms with E-state index >= 15 is 0 Å². The normalized spacial score (nSPS) is 12.4. The van der Waals surface area contributed by atoms with Crippen molar-refractivity contribution in [3.05, 3.63) is 65.4 Å². The van der Waals surface area contributed by atoms with Crippen molar-refractivity contribution < 1.29 is 23.1 Å². The van der Waals surface area contributed by atoms with E-state index in [9.17, 15) is 4.79 Å². The molecule has 1 amide bonds. The van der Waals surface area contributed by atoms with Crippen molar-refractivity contribution in [1.82, 2.24) is 15.3 Å². The third kappa shape index (κ3) is 3.71. The number of carbonyl (C=O) groups is 1. The highest BCUT2D eigenvalue weighted by Gasteiger charge is 2.16. The zero-order chi connectivity index (χ0) is 20.5. The number of hydrogen-bond donors (Lipinski definition) is 1. The number of nitrogens with one attached hydrogen (secondary N) is 1. The van der Waals surface area contributed by atoms with Crippen LogP contribution >= 0.6 is 11.8 Å². The number of nitrogens with zero attached hydrogens (tertiary/aromatic N) is 2. The number of hydrogen-bond acceptors (Lipinski definition) is 8. The van der Waals surface area contributed by atoms with Gasteiger partial charge in [0, 0.05) is 6.54 Å². The van der Waals surface area contributed by atoms with E-state index in [1.807, 2.05) is 43.3 Å². The summed E-state index contributed by atoms with van der Waals surface area (Å²) in [5, 5.41) is 3.36. The van der Waals surface area contributed by atoms with Gasteiger partial charge in [-0.1, -0.05) is 30.0 Å². The molecule has 30 heavy (non-hydrogen) atoms. The van der Waals surface area contributed by atoms with E-state index in [1.54, 1.807) is 0 Å². The number of amides is 1. The molecule has 5 rings (SSSR count). The van der Waals surface area contributed by atoms with E-state index in [0.717, 1.165) is 22.2 Å². The van der Waals surface area contributed by atoms with Crippen LogP contribution in [0.2, 0.25) is 0 Å². The molecule has 0 atom stereocenters. The van der Waals surface area contributed by atoms with Crippen LogP contribution in [0.3, 0.4) is 0 Å². The number of thioether (sulfide) groups is 1. The van der Waals surface area contributed by atoms with Crippen molar-refractivity contribution in [2.24, 2.45) is 0 Å². The van der Waals surface area contributed by atoms with E-state index in [2.05, 4.69) is 15.3 Å². The summed E-state index contributed by atoms with van der Waals surface area (Å²) in [5.41, 5.74) is 3.77. The Hall–Kier alpha value is -3.46. The summed E-state index contributed by atoms with van der Waals surface area (Å²) in [6.07, 6.45) is 1.35. The number of ether oxygens (including phenoxy) is 2. The lowest BCUT2D eigenvalue weighted by Gasteiger charge is -2.04. The molecule has 8 nitrogen and oxygen atoms in total. The van der Waals surface area contributed by atoms with Crippen molar-refractivity contribution >= 4 is 28.8 Å². The molecule has 4 aromatic rings. The van der Waals surface area contributed by atoms with Gasteiger partial charge >= 0.3 is 0 Å². The van der Waals surface area contributed by atoms with E-state index in [0.29, 0.717) is 34.9 Å². The van der Waals surface area contributed by atoms with Crippen LogP contribution in [-0.2, 0) is 12.3 Å². The molecule has 152 valence electrons. The first-order chi connectivity index (χ1) is 14.7. The average molecular weight is 423 g/mol. The van der Waals surface area contributed by atoms with Gasteiger partial charge < -0.3 is 23.6 Å². The maximum atomic E-state index is 12.4. The molecule has 0 bridgehead atoms. The number of benzene rings is 2. The maximum absolute atomic E-state index is 12.4. The molecule has 0 unspecified atom stereocenters. The lowest BCUT2D eigenvalue weighted by atomic mass is 10.2. The molecule has 2 aromatic carbocycles. The van der Waals surface area contributed by atoms with Crippen LogP contribution in [0.25, 0.3) is 11.1 Å². The SMILES string of the molecule is Cc1cccc2oc(SCc3nc(C(=O)NCc4ccc5c(c4)OCO5)co3)nc12. The Balaban J connectivity index is 1.18. The van der Waals surface area contributed by atoms with Gasteiger partial charge in [-0.2, -0.15) is 0 Å². The van der Waals surface area contributed by atoms with Gasteiger partial charge in [0.15, 0.2) is 22.8 Å². The van der Waals surface area contributed by atoms with E-state index in [4.69, 9.17) is 18.3 Å². The molecule has 2 aromatic heterocycles. The number of aryl methyl sites for hydroxylation is 1. The fraction of sp³-hybridized carbons (Fsp3) is 0.190. The minimum atomic E-state index is -0.315. The summed E-state index contributed by atoms with van der Waals surface area (Å²) in [5.74, 6) is 1.90. The molecule has 1 N–H and O–H groups in total. The Morgan fingerprint density at radius 1 is 1.17 bits per heavy atom. The van der Waals surface area contributed by atoms with Gasteiger partial charge in [0.25, 0.3) is 11.1 Å². The van der Waals surface area contributed by atoms with E-state index in [-0.39, 0.29) is 18.4 Å². The first-order valence-electron chi connectivity index (χ1n) is 9.26. The van der Waals surface area contributed by atoms with Gasteiger partial charge in [0.05, 0.1) is 5.75 Å². The highest BCUT2D eigenvalue weighted by atomic mass is 32.2. The van der Waals surface area contributed by atoms with Crippen LogP contribution in [-0.4, -0.2) is 22.7 Å². The minimum Gasteiger partial charge on any atom is -0.454 e. The number of carbonyl (C=O) groups excluding carboxylic acids is 1. The van der Waals surface area contributed by atoms with Gasteiger partial charge in [-0.15, -0.1) is 0 Å². The summed E-state index contributed by atoms with van der Waals surface area (Å²) < 4.78 is 21.8. The van der Waals surface area contributed by atoms with Gasteiger partial charge in [0.1, 0.15) is 11.8 Å². The first kappa shape index (κ1) is 18.6. The second-order valence-electron chi connectivity index (χ2n) is 6.69. The van der Waals surface area contributed by atoms with Crippen LogP contribution in [0, 0.1) is 6.92 Å². The molecule has 0 saturated heterocycles. The third-order valence-electron chi connectivity index (χ3n) is 4.59. The average Bonchev–Trinajstić information content (AvgIpc) is 3.49. The molecule has 0 spiro atoms. The monoisotopic (exact) mass is 423 g/mol. The second-order valence-corrected chi connectivity index (χ2v) is 7.61. The van der Waals surface area contributed by atoms with Crippen LogP contribution in [0.1, 0.15) is 27.5 Å². The van der Waals surface area contributed by atoms with Gasteiger partial charge in [-0.25, -0.2) is 9.97 Å². The topological polar surface area (TPSA) is 99.6 Å². The Kier molecular flexibility index (Phi) is 4.80. The van der Waals surface area contributed by atoms with Crippen LogP contribution < -0.4 is 14.8 Å². The molecule has 9 heteroatoms. The predicted octanol–water partition coefficient (Wildman–Crippen LogP) is 4.08. The van der Waals surface area contributed by atoms with Crippen molar-refractivity contribution in [3.63, 3.8) is 0 Å². The largest absolute Gasteiger partial charge is 0.454 e. The summed E-state index contributed by atoms with van der Waals surface area (Å²) in [4.78, 5) is 21.1. The summed E-state index contributed by atoms with van der Waals surface area (Å²) in [6.45, 7) is 2.55. The molecular formula is C21H17N3O5S. The molecular weight excluding hydrogens is 406 g/mol. The molecule has 1 aliphatic heterocycles. The standard InChI is InChI=1S/C21H17N3O5S/c1-12-3-2-4-16-19(12)24-21(29-16)30-10-18-23-14(9-26-18)20(25)22-8-13-5-6-15-17(7-13)28-11-27-15/h2-7,9H,8,10-11H2,1H3,(H,22,25). The van der Waals surface area contributed by atoms with Gasteiger partial charge in [0.2, 0.25) is 12.7 Å². The quantitative estimate of drug-likeness (QED) is 0.463. The Bertz CT molecular complexity index is 1230. The minimum absolute atomic E-state index is 0.216. The van der Waals surface area contributed by atoms with Crippen LogP contribution in [0.5, 0.6) is 11.5 Å². The van der Waals surface area contributed by atoms with E-state index in [1.165, 1.54) is 18.0 Å². The predicted molar refractivity (Wildman–Crippen MR) is 109 cm³/mol. The fourth-order valence-electron chi connectivity index (χ4n) is 3.06. The lowest BCUT2D eigenvalue weighted by Crippen LogP contribution is -2.23. The van der Waals surface area contributed by atoms with Crippen LogP contribution in [0.4, 0.5) is 0 Å². The number of rotatable bonds is 6. The highest BCUT2D eigenvalue weighted by molar-refractivity contribution is 7.98. The van der Waals surface area contributed by atoms with Crippen LogP contribution in [0.15, 0.2) is 56.7 Å². The molecule has 3 heterocycles. The van der Waals surface area contributed by atoms with Crippen molar-refractivity contribution in [1.29, 1.82) is 0 Å².